The van der Waals surface area contributed by atoms with Crippen LogP contribution in [-0.2, 0) is 10.0 Å². The zero-order valence-corrected chi connectivity index (χ0v) is 19.5. The average molecular weight is 540 g/mol. The normalized spacial score (nSPS) is 14.6. The van der Waals surface area contributed by atoms with Crippen molar-refractivity contribution >= 4 is 46.4 Å². The fourth-order valence-electron chi connectivity index (χ4n) is 2.93. The van der Waals surface area contributed by atoms with E-state index in [2.05, 4.69) is 18.1 Å². The summed E-state index contributed by atoms with van der Waals surface area (Å²) in [4.78, 5) is 12.6. The van der Waals surface area contributed by atoms with E-state index in [4.69, 9.17) is 0 Å². The lowest BCUT2D eigenvalue weighted by Crippen LogP contribution is -2.33. The Labute approximate surface area is 185 Å². The van der Waals surface area contributed by atoms with Gasteiger partial charge in [0.05, 0.1) is 4.90 Å². The molecular weight excluding hydrogens is 518 g/mol. The van der Waals surface area contributed by atoms with Gasteiger partial charge in [0, 0.05) is 17.3 Å². The van der Waals surface area contributed by atoms with Gasteiger partial charge in [0.15, 0.2) is 0 Å². The van der Waals surface area contributed by atoms with Gasteiger partial charge in [0.25, 0.3) is 5.91 Å². The minimum Gasteiger partial charge on any atom is -0.322 e. The van der Waals surface area contributed by atoms with E-state index in [0.717, 1.165) is 5.57 Å². The van der Waals surface area contributed by atoms with Gasteiger partial charge in [-0.2, -0.15) is 0 Å². The molecule has 0 spiro atoms. The molecule has 2 aromatic rings. The molecular formula is C22H22FIN2O3S. The third kappa shape index (κ3) is 5.93. The van der Waals surface area contributed by atoms with Crippen LogP contribution in [0.2, 0.25) is 0 Å². The summed E-state index contributed by atoms with van der Waals surface area (Å²) in [7, 11) is -3.79. The molecule has 2 aromatic carbocycles. The van der Waals surface area contributed by atoms with Crippen LogP contribution in [0.5, 0.6) is 0 Å². The molecule has 0 saturated heterocycles. The van der Waals surface area contributed by atoms with Crippen LogP contribution in [0.1, 0.15) is 29.3 Å². The molecule has 1 heterocycles. The maximum atomic E-state index is 13.4. The number of anilines is 1. The Kier molecular flexibility index (Phi) is 7.32. The highest BCUT2D eigenvalue weighted by Gasteiger charge is 2.19. The van der Waals surface area contributed by atoms with Crippen LogP contribution in [0, 0.1) is 12.7 Å². The third-order valence-corrected chi connectivity index (χ3v) is 7.56. The summed E-state index contributed by atoms with van der Waals surface area (Å²) in [5, 5.41) is 2.66. The second-order valence-corrected chi connectivity index (χ2v) is 10.8. The van der Waals surface area contributed by atoms with Crippen LogP contribution in [-0.4, -0.2) is 24.4 Å². The number of hydrogen-bond acceptors (Lipinski definition) is 3. The molecule has 1 unspecified atom stereocenters. The van der Waals surface area contributed by atoms with Crippen LogP contribution < -0.4 is 10.0 Å². The van der Waals surface area contributed by atoms with Crippen molar-refractivity contribution in [2.45, 2.75) is 31.2 Å². The summed E-state index contributed by atoms with van der Waals surface area (Å²) in [5.74, 6) is -0.831. The van der Waals surface area contributed by atoms with Crippen molar-refractivity contribution < 1.29 is 17.6 Å². The highest BCUT2D eigenvalue weighted by atomic mass is 127. The van der Waals surface area contributed by atoms with Crippen molar-refractivity contribution in [3.8, 4) is 0 Å². The van der Waals surface area contributed by atoms with Crippen molar-refractivity contribution in [1.29, 1.82) is 0 Å². The highest BCUT2D eigenvalue weighted by molar-refractivity contribution is 14.2. The van der Waals surface area contributed by atoms with E-state index in [1.807, 2.05) is 19.1 Å². The molecule has 1 aliphatic rings. The van der Waals surface area contributed by atoms with Crippen LogP contribution in [0.4, 0.5) is 10.1 Å². The van der Waals surface area contributed by atoms with Crippen LogP contribution in [0.25, 0.3) is 0 Å². The van der Waals surface area contributed by atoms with Crippen molar-refractivity contribution in [3.63, 3.8) is 0 Å². The summed E-state index contributed by atoms with van der Waals surface area (Å²) in [5.41, 5.74) is 2.12. The number of halogens is 2. The molecule has 0 aromatic heterocycles. The van der Waals surface area contributed by atoms with E-state index in [9.17, 15) is 17.6 Å². The van der Waals surface area contributed by atoms with Crippen molar-refractivity contribution in [1.82, 2.24) is 4.72 Å². The molecule has 1 amide bonds. The number of carbonyl (C=O) groups is 1. The predicted molar refractivity (Wildman–Crippen MR) is 127 cm³/mol. The monoisotopic (exact) mass is 540 g/mol. The molecule has 0 saturated carbocycles. The standard InChI is InChI=1S/C22H22FIN2O3S/c1-15-12-19(6-7-21(15)23)25-22(27)18-4-3-5-20(14-18)30(28,29)26-16(2)13-17-8-10-24-11-9-17/h3-12,14,16,26H,13H2,1-2H3,(H,25,27). The van der Waals surface area contributed by atoms with Gasteiger partial charge in [-0.25, -0.2) is 17.5 Å². The Morgan fingerprint density at radius 2 is 2.00 bits per heavy atom. The highest BCUT2D eigenvalue weighted by Crippen LogP contribution is 2.19. The van der Waals surface area contributed by atoms with Gasteiger partial charge in [-0.1, -0.05) is 38.9 Å². The average Bonchev–Trinajstić information content (AvgIpc) is 2.71. The molecule has 8 heteroatoms. The lowest BCUT2D eigenvalue weighted by Gasteiger charge is -2.16. The molecule has 0 radical (unpaired) electrons. The van der Waals surface area contributed by atoms with Crippen LogP contribution >= 0.6 is 20.7 Å². The first-order valence-electron chi connectivity index (χ1n) is 9.25. The molecule has 30 heavy (non-hydrogen) atoms. The lowest BCUT2D eigenvalue weighted by molar-refractivity contribution is 0.102. The SMILES string of the molecule is Cc1cc(NC(=O)c2cccc(S(=O)(=O)NC(C)CC3=CC=IC=C3)c2)ccc1F. The molecule has 2 N–H and O–H groups in total. The second kappa shape index (κ2) is 9.76. The number of sulfonamides is 1. The number of amides is 1. The van der Waals surface area contributed by atoms with Crippen molar-refractivity contribution in [2.24, 2.45) is 0 Å². The topological polar surface area (TPSA) is 75.3 Å². The van der Waals surface area contributed by atoms with Gasteiger partial charge in [0.1, 0.15) is 5.82 Å². The Bertz CT molecular complexity index is 1160. The molecule has 0 bridgehead atoms. The minimum absolute atomic E-state index is 0.0127. The Hall–Kier alpha value is -2.17. The zero-order valence-electron chi connectivity index (χ0n) is 16.5. The number of allylic oxidation sites excluding steroid dienone is 2. The summed E-state index contributed by atoms with van der Waals surface area (Å²) < 4.78 is 45.9. The minimum atomic E-state index is -3.79. The summed E-state index contributed by atoms with van der Waals surface area (Å²) in [6.07, 6.45) is 4.67. The molecule has 0 fully saturated rings. The van der Waals surface area contributed by atoms with Gasteiger partial charge in [0.2, 0.25) is 10.0 Å². The maximum Gasteiger partial charge on any atom is 0.255 e. The Morgan fingerprint density at radius 3 is 2.70 bits per heavy atom. The van der Waals surface area contributed by atoms with Crippen molar-refractivity contribution in [3.05, 3.63) is 81.2 Å². The fraction of sp³-hybridized carbons (Fsp3) is 0.182. The molecule has 1 atom stereocenters. The number of nitrogens with one attached hydrogen (secondary N) is 2. The third-order valence-electron chi connectivity index (χ3n) is 4.42. The van der Waals surface area contributed by atoms with Gasteiger partial charge < -0.3 is 5.32 Å². The zero-order chi connectivity index (χ0) is 21.7. The Balaban J connectivity index is 1.72. The van der Waals surface area contributed by atoms with Crippen LogP contribution in [0.15, 0.2) is 69.2 Å². The van der Waals surface area contributed by atoms with Crippen LogP contribution in [0.3, 0.4) is 0 Å². The Morgan fingerprint density at radius 1 is 1.20 bits per heavy atom. The molecule has 1 aliphatic heterocycles. The molecule has 0 aliphatic carbocycles. The number of rotatable bonds is 7. The quantitative estimate of drug-likeness (QED) is 0.502. The number of benzene rings is 2. The largest absolute Gasteiger partial charge is 0.322 e. The van der Waals surface area contributed by atoms with Gasteiger partial charge in [-0.05, 0) is 75.9 Å². The smallest absolute Gasteiger partial charge is 0.255 e. The summed E-state index contributed by atoms with van der Waals surface area (Å²) in [6.45, 7) is 3.41. The fourth-order valence-corrected chi connectivity index (χ4v) is 5.79. The van der Waals surface area contributed by atoms with E-state index < -0.39 is 15.9 Å². The number of aryl methyl sites for hydroxylation is 1. The predicted octanol–water partition coefficient (Wildman–Crippen LogP) is 4.67. The number of carbonyl (C=O) groups excluding carboxylic acids is 1. The molecule has 3 rings (SSSR count). The lowest BCUT2D eigenvalue weighted by atomic mass is 10.1. The first kappa shape index (κ1) is 22.5. The van der Waals surface area contributed by atoms with E-state index in [0.29, 0.717) is 17.7 Å². The second-order valence-electron chi connectivity index (χ2n) is 6.96. The molecule has 158 valence electrons. The van der Waals surface area contributed by atoms with E-state index in [1.165, 1.54) is 42.5 Å². The first-order valence-corrected chi connectivity index (χ1v) is 13.2. The van der Waals surface area contributed by atoms with Crippen molar-refractivity contribution in [2.75, 3.05) is 5.32 Å². The maximum absolute atomic E-state index is 13.4. The summed E-state index contributed by atoms with van der Waals surface area (Å²) >= 11 is -0.0127. The van der Waals surface area contributed by atoms with Gasteiger partial charge in [-0.15, -0.1) is 0 Å². The number of hydrogen-bond donors (Lipinski definition) is 2. The van der Waals surface area contributed by atoms with Gasteiger partial charge >= 0.3 is 0 Å². The van der Waals surface area contributed by atoms with E-state index in [-0.39, 0.29) is 43.0 Å². The van der Waals surface area contributed by atoms with Gasteiger partial charge in [-0.3, -0.25) is 4.79 Å². The van der Waals surface area contributed by atoms with E-state index in [1.54, 1.807) is 6.92 Å². The molecule has 5 nitrogen and oxygen atoms in total. The van der Waals surface area contributed by atoms with E-state index >= 15 is 0 Å². The summed E-state index contributed by atoms with van der Waals surface area (Å²) in [6, 6.07) is 9.79. The first-order chi connectivity index (χ1) is 14.2.